The molecule has 0 amide bonds. The zero-order valence-corrected chi connectivity index (χ0v) is 5.89. The number of ether oxygens (including phenoxy) is 1. The van der Waals surface area contributed by atoms with Crippen LogP contribution in [0.15, 0.2) is 0 Å². The van der Waals surface area contributed by atoms with Gasteiger partial charge in [0.05, 0.1) is 13.2 Å². The summed E-state index contributed by atoms with van der Waals surface area (Å²) < 4.78 is 5.15. The number of rotatable bonds is 1. The van der Waals surface area contributed by atoms with Crippen LogP contribution in [0.2, 0.25) is 0 Å². The zero-order valence-electron chi connectivity index (χ0n) is 5.89. The van der Waals surface area contributed by atoms with E-state index in [1.165, 1.54) is 19.6 Å². The smallest absolute Gasteiger partial charge is 0.0569 e. The van der Waals surface area contributed by atoms with Crippen LogP contribution < -0.4 is 0 Å². The molecule has 0 saturated carbocycles. The Morgan fingerprint density at radius 2 is 2.11 bits per heavy atom. The standard InChI is InChI=1S/C7H13NO/c1-2-8-3-7(4-8)5-9-6-7/h2-6H2,1H3. The second kappa shape index (κ2) is 1.70. The molecule has 9 heavy (non-hydrogen) atoms. The Balaban J connectivity index is 1.82. The Labute approximate surface area is 55.8 Å². The van der Waals surface area contributed by atoms with Crippen molar-refractivity contribution >= 4 is 0 Å². The van der Waals surface area contributed by atoms with Crippen molar-refractivity contribution in [3.8, 4) is 0 Å². The van der Waals surface area contributed by atoms with Gasteiger partial charge in [0.25, 0.3) is 0 Å². The summed E-state index contributed by atoms with van der Waals surface area (Å²) in [5, 5.41) is 0. The molecule has 0 unspecified atom stereocenters. The summed E-state index contributed by atoms with van der Waals surface area (Å²) in [5.41, 5.74) is 0.621. The predicted octanol–water partition coefficient (Wildman–Crippen LogP) is 0.339. The summed E-state index contributed by atoms with van der Waals surface area (Å²) >= 11 is 0. The third-order valence-corrected chi connectivity index (χ3v) is 2.38. The molecule has 2 heterocycles. The second-order valence-electron chi connectivity index (χ2n) is 3.30. The van der Waals surface area contributed by atoms with E-state index in [2.05, 4.69) is 11.8 Å². The first-order valence-electron chi connectivity index (χ1n) is 3.65. The summed E-state index contributed by atoms with van der Waals surface area (Å²) in [7, 11) is 0. The Kier molecular flexibility index (Phi) is 1.08. The van der Waals surface area contributed by atoms with E-state index in [-0.39, 0.29) is 0 Å². The van der Waals surface area contributed by atoms with Gasteiger partial charge in [0.1, 0.15) is 0 Å². The molecule has 0 bridgehead atoms. The van der Waals surface area contributed by atoms with Gasteiger partial charge < -0.3 is 9.64 Å². The van der Waals surface area contributed by atoms with E-state index in [4.69, 9.17) is 4.74 Å². The average Bonchev–Trinajstić information content (AvgIpc) is 1.59. The molecule has 52 valence electrons. The van der Waals surface area contributed by atoms with E-state index < -0.39 is 0 Å². The van der Waals surface area contributed by atoms with E-state index >= 15 is 0 Å². The molecule has 2 rings (SSSR count). The normalized spacial score (nSPS) is 31.7. The quantitative estimate of drug-likeness (QED) is 0.503. The van der Waals surface area contributed by atoms with Gasteiger partial charge in [0, 0.05) is 18.5 Å². The molecule has 2 saturated heterocycles. The maximum Gasteiger partial charge on any atom is 0.0569 e. The van der Waals surface area contributed by atoms with Crippen LogP contribution in [0.4, 0.5) is 0 Å². The number of likely N-dealkylation sites (tertiary alicyclic amines) is 1. The minimum absolute atomic E-state index is 0.621. The number of nitrogens with zero attached hydrogens (tertiary/aromatic N) is 1. The lowest BCUT2D eigenvalue weighted by Gasteiger charge is -2.54. The fourth-order valence-corrected chi connectivity index (χ4v) is 1.70. The van der Waals surface area contributed by atoms with Crippen LogP contribution in [0.3, 0.4) is 0 Å². The second-order valence-corrected chi connectivity index (χ2v) is 3.30. The Bertz CT molecular complexity index is 112. The van der Waals surface area contributed by atoms with Crippen molar-refractivity contribution in [3.63, 3.8) is 0 Å². The minimum Gasteiger partial charge on any atom is -0.380 e. The van der Waals surface area contributed by atoms with Gasteiger partial charge in [0.15, 0.2) is 0 Å². The van der Waals surface area contributed by atoms with E-state index in [1.54, 1.807) is 0 Å². The minimum atomic E-state index is 0.621. The van der Waals surface area contributed by atoms with E-state index in [9.17, 15) is 0 Å². The highest BCUT2D eigenvalue weighted by Crippen LogP contribution is 2.36. The SMILES string of the molecule is CCN1CC2(COC2)C1. The first-order valence-corrected chi connectivity index (χ1v) is 3.65. The lowest BCUT2D eigenvalue weighted by atomic mass is 9.78. The molecule has 1 spiro atoms. The first kappa shape index (κ1) is 5.69. The average molecular weight is 127 g/mol. The Morgan fingerprint density at radius 3 is 2.44 bits per heavy atom. The zero-order chi connectivity index (χ0) is 6.32. The van der Waals surface area contributed by atoms with Crippen LogP contribution in [0.1, 0.15) is 6.92 Å². The van der Waals surface area contributed by atoms with E-state index in [0.717, 1.165) is 13.2 Å². The van der Waals surface area contributed by atoms with Crippen LogP contribution >= 0.6 is 0 Å². The fraction of sp³-hybridized carbons (Fsp3) is 1.00. The third kappa shape index (κ3) is 0.700. The largest absolute Gasteiger partial charge is 0.380 e. The summed E-state index contributed by atoms with van der Waals surface area (Å²) in [4.78, 5) is 2.46. The van der Waals surface area contributed by atoms with Gasteiger partial charge in [-0.25, -0.2) is 0 Å². The molecule has 0 aromatic rings. The maximum absolute atomic E-state index is 5.15. The van der Waals surface area contributed by atoms with Gasteiger partial charge in [-0.15, -0.1) is 0 Å². The van der Waals surface area contributed by atoms with Crippen molar-refractivity contribution in [1.29, 1.82) is 0 Å². The van der Waals surface area contributed by atoms with Crippen molar-refractivity contribution in [3.05, 3.63) is 0 Å². The topological polar surface area (TPSA) is 12.5 Å². The highest BCUT2D eigenvalue weighted by molar-refractivity contribution is 4.98. The molecular formula is C7H13NO. The van der Waals surface area contributed by atoms with Crippen LogP contribution in [0, 0.1) is 5.41 Å². The molecule has 0 radical (unpaired) electrons. The molecule has 0 aliphatic carbocycles. The molecule has 2 heteroatoms. The Hall–Kier alpha value is -0.0800. The van der Waals surface area contributed by atoms with Crippen LogP contribution in [0.25, 0.3) is 0 Å². The lowest BCUT2D eigenvalue weighted by molar-refractivity contribution is -0.187. The first-order chi connectivity index (χ1) is 4.35. The molecule has 2 nitrogen and oxygen atoms in total. The third-order valence-electron chi connectivity index (χ3n) is 2.38. The van der Waals surface area contributed by atoms with Gasteiger partial charge in [-0.2, -0.15) is 0 Å². The summed E-state index contributed by atoms with van der Waals surface area (Å²) in [6.45, 7) is 8.02. The summed E-state index contributed by atoms with van der Waals surface area (Å²) in [6.07, 6.45) is 0. The predicted molar refractivity (Wildman–Crippen MR) is 35.4 cm³/mol. The van der Waals surface area contributed by atoms with Gasteiger partial charge in [-0.05, 0) is 6.54 Å². The Morgan fingerprint density at radius 1 is 1.44 bits per heavy atom. The monoisotopic (exact) mass is 127 g/mol. The van der Waals surface area contributed by atoms with Crippen LogP contribution in [-0.2, 0) is 4.74 Å². The van der Waals surface area contributed by atoms with Crippen molar-refractivity contribution in [1.82, 2.24) is 4.90 Å². The molecule has 0 atom stereocenters. The van der Waals surface area contributed by atoms with Crippen LogP contribution in [0.5, 0.6) is 0 Å². The van der Waals surface area contributed by atoms with Crippen molar-refractivity contribution < 1.29 is 4.74 Å². The molecule has 0 aromatic carbocycles. The molecule has 2 fully saturated rings. The van der Waals surface area contributed by atoms with Gasteiger partial charge in [-0.3, -0.25) is 0 Å². The highest BCUT2D eigenvalue weighted by atomic mass is 16.5. The van der Waals surface area contributed by atoms with Gasteiger partial charge in [-0.1, -0.05) is 6.92 Å². The number of hydrogen-bond donors (Lipinski definition) is 0. The van der Waals surface area contributed by atoms with Crippen molar-refractivity contribution in [2.24, 2.45) is 5.41 Å². The highest BCUT2D eigenvalue weighted by Gasteiger charge is 2.47. The molecule has 0 N–H and O–H groups in total. The lowest BCUT2D eigenvalue weighted by Crippen LogP contribution is -2.65. The molecule has 2 aliphatic rings. The van der Waals surface area contributed by atoms with Crippen molar-refractivity contribution in [2.75, 3.05) is 32.8 Å². The van der Waals surface area contributed by atoms with Gasteiger partial charge in [0.2, 0.25) is 0 Å². The maximum atomic E-state index is 5.15. The summed E-state index contributed by atoms with van der Waals surface area (Å²) in [5.74, 6) is 0. The summed E-state index contributed by atoms with van der Waals surface area (Å²) in [6, 6.07) is 0. The van der Waals surface area contributed by atoms with Gasteiger partial charge >= 0.3 is 0 Å². The van der Waals surface area contributed by atoms with Crippen molar-refractivity contribution in [2.45, 2.75) is 6.92 Å². The fourth-order valence-electron chi connectivity index (χ4n) is 1.70. The van der Waals surface area contributed by atoms with E-state index in [0.29, 0.717) is 5.41 Å². The van der Waals surface area contributed by atoms with E-state index in [1.807, 2.05) is 0 Å². The molecule has 0 aromatic heterocycles. The molecule has 2 aliphatic heterocycles. The van der Waals surface area contributed by atoms with Crippen LogP contribution in [-0.4, -0.2) is 37.7 Å². The number of hydrogen-bond acceptors (Lipinski definition) is 2. The molecular weight excluding hydrogens is 114 g/mol.